The summed E-state index contributed by atoms with van der Waals surface area (Å²) in [6, 6.07) is 0.603. The molecule has 0 aromatic carbocycles. The Labute approximate surface area is 169 Å². The predicted octanol–water partition coefficient (Wildman–Crippen LogP) is 3.52. The number of alkyl halides is 3. The maximum atomic E-state index is 13.1. The molecular weight excluding hydrogens is 399 g/mol. The molecular formula is C18H20F3N9. The number of rotatable bonds is 6. The third-order valence-electron chi connectivity index (χ3n) is 5.52. The Morgan fingerprint density at radius 3 is 2.47 bits per heavy atom. The van der Waals surface area contributed by atoms with E-state index in [0.717, 1.165) is 43.3 Å². The van der Waals surface area contributed by atoms with Crippen molar-refractivity contribution in [2.75, 3.05) is 17.7 Å². The molecule has 158 valence electrons. The van der Waals surface area contributed by atoms with Gasteiger partial charge in [-0.2, -0.15) is 38.2 Å². The molecule has 9 nitrogen and oxygen atoms in total. The Hall–Kier alpha value is -3.18. The molecule has 0 amide bonds. The van der Waals surface area contributed by atoms with E-state index in [4.69, 9.17) is 5.10 Å². The minimum Gasteiger partial charge on any atom is -0.372 e. The topological polar surface area (TPSA) is 98.4 Å². The SMILES string of the molecule is CNc1nc(Nc2cn(C3CC3)nc2[C@H]2C[C@@H](n3nccn3)C2)ncc1C(F)(F)F. The second kappa shape index (κ2) is 6.96. The van der Waals surface area contributed by atoms with Gasteiger partial charge in [-0.3, -0.25) is 4.68 Å². The van der Waals surface area contributed by atoms with E-state index in [9.17, 15) is 13.2 Å². The first-order valence-electron chi connectivity index (χ1n) is 9.76. The van der Waals surface area contributed by atoms with E-state index < -0.39 is 11.7 Å². The fraction of sp³-hybridized carbons (Fsp3) is 0.500. The highest BCUT2D eigenvalue weighted by molar-refractivity contribution is 5.59. The molecule has 2 saturated carbocycles. The Morgan fingerprint density at radius 1 is 1.10 bits per heavy atom. The van der Waals surface area contributed by atoms with Crippen LogP contribution in [0.25, 0.3) is 0 Å². The molecule has 0 aliphatic heterocycles. The summed E-state index contributed by atoms with van der Waals surface area (Å²) in [5.41, 5.74) is 0.693. The van der Waals surface area contributed by atoms with Crippen LogP contribution in [0.4, 0.5) is 30.6 Å². The van der Waals surface area contributed by atoms with Gasteiger partial charge in [0.25, 0.3) is 0 Å². The summed E-state index contributed by atoms with van der Waals surface area (Å²) in [6.45, 7) is 0. The minimum atomic E-state index is -4.53. The Morgan fingerprint density at radius 2 is 1.83 bits per heavy atom. The third-order valence-corrected chi connectivity index (χ3v) is 5.52. The molecule has 12 heteroatoms. The Kier molecular flexibility index (Phi) is 4.36. The molecule has 0 bridgehead atoms. The van der Waals surface area contributed by atoms with Crippen molar-refractivity contribution in [2.45, 2.75) is 49.9 Å². The lowest BCUT2D eigenvalue weighted by Crippen LogP contribution is -2.27. The van der Waals surface area contributed by atoms with Crippen molar-refractivity contribution in [1.29, 1.82) is 0 Å². The summed E-state index contributed by atoms with van der Waals surface area (Å²) in [5, 5.41) is 18.7. The number of hydrogen-bond donors (Lipinski definition) is 2. The fourth-order valence-corrected chi connectivity index (χ4v) is 3.70. The van der Waals surface area contributed by atoms with Crippen molar-refractivity contribution in [1.82, 2.24) is 34.7 Å². The van der Waals surface area contributed by atoms with Gasteiger partial charge in [0.05, 0.1) is 35.9 Å². The van der Waals surface area contributed by atoms with Crippen LogP contribution in [0.3, 0.4) is 0 Å². The summed E-state index contributed by atoms with van der Waals surface area (Å²) in [4.78, 5) is 9.59. The van der Waals surface area contributed by atoms with Crippen LogP contribution in [0, 0.1) is 0 Å². The molecule has 3 aromatic rings. The molecule has 0 saturated heterocycles. The molecule has 2 N–H and O–H groups in total. The van der Waals surface area contributed by atoms with Gasteiger partial charge in [0.1, 0.15) is 11.4 Å². The molecule has 0 radical (unpaired) electrons. The number of nitrogens with zero attached hydrogens (tertiary/aromatic N) is 7. The average molecular weight is 419 g/mol. The van der Waals surface area contributed by atoms with Gasteiger partial charge in [0, 0.05) is 25.4 Å². The number of halogens is 3. The molecule has 2 aliphatic rings. The lowest BCUT2D eigenvalue weighted by Gasteiger charge is -2.33. The van der Waals surface area contributed by atoms with Gasteiger partial charge in [0.15, 0.2) is 0 Å². The maximum absolute atomic E-state index is 13.1. The van der Waals surface area contributed by atoms with Crippen molar-refractivity contribution >= 4 is 17.5 Å². The lowest BCUT2D eigenvalue weighted by atomic mass is 9.78. The van der Waals surface area contributed by atoms with Crippen LogP contribution in [0.15, 0.2) is 24.8 Å². The quantitative estimate of drug-likeness (QED) is 0.631. The van der Waals surface area contributed by atoms with Gasteiger partial charge in [0.2, 0.25) is 5.95 Å². The highest BCUT2D eigenvalue weighted by Crippen LogP contribution is 2.47. The van der Waals surface area contributed by atoms with Crippen LogP contribution in [0.5, 0.6) is 0 Å². The first-order chi connectivity index (χ1) is 14.4. The van der Waals surface area contributed by atoms with Crippen LogP contribution in [-0.4, -0.2) is 41.8 Å². The summed E-state index contributed by atoms with van der Waals surface area (Å²) in [5.74, 6) is 0.0277. The molecule has 0 unspecified atom stereocenters. The largest absolute Gasteiger partial charge is 0.421 e. The molecule has 3 heterocycles. The third kappa shape index (κ3) is 3.46. The van der Waals surface area contributed by atoms with Crippen molar-refractivity contribution in [3.05, 3.63) is 36.0 Å². The van der Waals surface area contributed by atoms with E-state index in [1.165, 1.54) is 7.05 Å². The maximum Gasteiger partial charge on any atom is 0.421 e. The van der Waals surface area contributed by atoms with Crippen LogP contribution in [0.1, 0.15) is 54.9 Å². The first kappa shape index (κ1) is 18.8. The zero-order valence-electron chi connectivity index (χ0n) is 16.1. The normalized spacial score (nSPS) is 21.3. The molecule has 5 rings (SSSR count). The Bertz CT molecular complexity index is 1030. The van der Waals surface area contributed by atoms with Gasteiger partial charge >= 0.3 is 6.18 Å². The van der Waals surface area contributed by atoms with E-state index in [1.54, 1.807) is 17.2 Å². The highest BCUT2D eigenvalue weighted by atomic mass is 19.4. The van der Waals surface area contributed by atoms with Crippen molar-refractivity contribution < 1.29 is 13.2 Å². The summed E-state index contributed by atoms with van der Waals surface area (Å²) in [7, 11) is 1.40. The average Bonchev–Trinajstić information content (AvgIpc) is 3.24. The summed E-state index contributed by atoms with van der Waals surface area (Å²) in [6.07, 6.45) is 5.31. The highest BCUT2D eigenvalue weighted by Gasteiger charge is 2.38. The van der Waals surface area contributed by atoms with Gasteiger partial charge < -0.3 is 10.6 Å². The fourth-order valence-electron chi connectivity index (χ4n) is 3.70. The van der Waals surface area contributed by atoms with E-state index >= 15 is 0 Å². The summed E-state index contributed by atoms with van der Waals surface area (Å²) >= 11 is 0. The van der Waals surface area contributed by atoms with Crippen LogP contribution >= 0.6 is 0 Å². The number of aromatic nitrogens is 7. The minimum absolute atomic E-state index is 0.0913. The van der Waals surface area contributed by atoms with Crippen LogP contribution in [-0.2, 0) is 6.18 Å². The lowest BCUT2D eigenvalue weighted by molar-refractivity contribution is -0.137. The van der Waals surface area contributed by atoms with E-state index in [-0.39, 0.29) is 23.7 Å². The van der Waals surface area contributed by atoms with Crippen LogP contribution in [0.2, 0.25) is 0 Å². The molecule has 2 fully saturated rings. The van der Waals surface area contributed by atoms with Gasteiger partial charge in [-0.25, -0.2) is 4.98 Å². The van der Waals surface area contributed by atoms with E-state index in [1.807, 2.05) is 10.9 Å². The van der Waals surface area contributed by atoms with Crippen molar-refractivity contribution in [2.24, 2.45) is 0 Å². The molecule has 2 aliphatic carbocycles. The zero-order valence-corrected chi connectivity index (χ0v) is 16.1. The molecule has 0 atom stereocenters. The Balaban J connectivity index is 1.39. The number of nitrogens with one attached hydrogen (secondary N) is 2. The second-order valence-electron chi connectivity index (χ2n) is 7.64. The smallest absolute Gasteiger partial charge is 0.372 e. The monoisotopic (exact) mass is 419 g/mol. The number of anilines is 3. The van der Waals surface area contributed by atoms with Crippen molar-refractivity contribution in [3.63, 3.8) is 0 Å². The first-order valence-corrected chi connectivity index (χ1v) is 9.76. The van der Waals surface area contributed by atoms with Gasteiger partial charge in [-0.15, -0.1) is 0 Å². The number of hydrogen-bond acceptors (Lipinski definition) is 7. The second-order valence-corrected chi connectivity index (χ2v) is 7.64. The van der Waals surface area contributed by atoms with E-state index in [0.29, 0.717) is 6.04 Å². The predicted molar refractivity (Wildman–Crippen MR) is 101 cm³/mol. The molecule has 0 spiro atoms. The zero-order chi connectivity index (χ0) is 20.9. The molecule has 3 aromatic heterocycles. The molecule has 30 heavy (non-hydrogen) atoms. The van der Waals surface area contributed by atoms with Crippen molar-refractivity contribution in [3.8, 4) is 0 Å². The van der Waals surface area contributed by atoms with E-state index in [2.05, 4.69) is 30.8 Å². The van der Waals surface area contributed by atoms with Crippen LogP contribution < -0.4 is 10.6 Å². The van der Waals surface area contributed by atoms with Gasteiger partial charge in [-0.05, 0) is 25.7 Å². The standard InChI is InChI=1S/C18H20F3N9/c1-22-16-13(18(19,20)21)8-23-17(27-16)26-14-9-29(11-2-3-11)28-15(14)10-6-12(7-10)30-24-4-5-25-30/h4-5,8-12H,2-3,6-7H2,1H3,(H2,22,23,26,27)/t10-,12+. The van der Waals surface area contributed by atoms with Gasteiger partial charge in [-0.1, -0.05) is 0 Å². The summed E-state index contributed by atoms with van der Waals surface area (Å²) < 4.78 is 41.2.